The van der Waals surface area contributed by atoms with Crippen LogP contribution in [0.5, 0.6) is 0 Å². The minimum Gasteiger partial charge on any atom is -0.368 e. The van der Waals surface area contributed by atoms with Gasteiger partial charge in [0.2, 0.25) is 0 Å². The first-order valence-corrected chi connectivity index (χ1v) is 10.2. The van der Waals surface area contributed by atoms with E-state index in [0.717, 1.165) is 16.9 Å². The standard InChI is InChI=1S/C21H21ClN6O3/c22-17-1-3-19(4-2-17)27-15-16(14-24-27)13-23-21(29)26-11-9-25(10-12-26)18-5-7-20(8-6-18)28(30)31/h1-8,14-15H,9-13H2,(H,23,29). The van der Waals surface area contributed by atoms with Crippen LogP contribution in [-0.4, -0.2) is 51.8 Å². The van der Waals surface area contributed by atoms with E-state index in [-0.39, 0.29) is 11.7 Å². The zero-order valence-electron chi connectivity index (χ0n) is 16.6. The molecule has 0 aliphatic carbocycles. The number of amides is 2. The van der Waals surface area contributed by atoms with Gasteiger partial charge in [0.05, 0.1) is 16.8 Å². The molecule has 1 aromatic heterocycles. The number of aromatic nitrogens is 2. The molecule has 4 rings (SSSR count). The number of hydrogen-bond donors (Lipinski definition) is 1. The van der Waals surface area contributed by atoms with Crippen LogP contribution in [0.2, 0.25) is 5.02 Å². The van der Waals surface area contributed by atoms with Gasteiger partial charge in [-0.3, -0.25) is 10.1 Å². The molecule has 2 amide bonds. The zero-order chi connectivity index (χ0) is 21.8. The fourth-order valence-electron chi connectivity index (χ4n) is 3.43. The van der Waals surface area contributed by atoms with E-state index in [4.69, 9.17) is 11.6 Å². The number of nitrogens with one attached hydrogen (secondary N) is 1. The molecule has 1 saturated heterocycles. The monoisotopic (exact) mass is 440 g/mol. The number of piperazine rings is 1. The minimum absolute atomic E-state index is 0.0705. The summed E-state index contributed by atoms with van der Waals surface area (Å²) < 4.78 is 1.74. The van der Waals surface area contributed by atoms with Gasteiger partial charge < -0.3 is 15.1 Å². The lowest BCUT2D eigenvalue weighted by Crippen LogP contribution is -2.51. The Bertz CT molecular complexity index is 1060. The summed E-state index contributed by atoms with van der Waals surface area (Å²) in [5, 5.41) is 18.7. The van der Waals surface area contributed by atoms with E-state index in [0.29, 0.717) is 37.7 Å². The van der Waals surface area contributed by atoms with E-state index in [1.807, 2.05) is 18.3 Å². The normalized spacial score (nSPS) is 13.8. The number of urea groups is 1. The molecular weight excluding hydrogens is 420 g/mol. The van der Waals surface area contributed by atoms with Crippen LogP contribution < -0.4 is 10.2 Å². The van der Waals surface area contributed by atoms with Crippen molar-refractivity contribution in [3.63, 3.8) is 0 Å². The molecule has 0 saturated carbocycles. The number of nitro benzene ring substituents is 1. The highest BCUT2D eigenvalue weighted by Crippen LogP contribution is 2.20. The minimum atomic E-state index is -0.411. The highest BCUT2D eigenvalue weighted by molar-refractivity contribution is 6.30. The van der Waals surface area contributed by atoms with Gasteiger partial charge in [0.1, 0.15) is 0 Å². The lowest BCUT2D eigenvalue weighted by Gasteiger charge is -2.36. The van der Waals surface area contributed by atoms with Crippen molar-refractivity contribution < 1.29 is 9.72 Å². The predicted molar refractivity (Wildman–Crippen MR) is 118 cm³/mol. The molecule has 3 aromatic rings. The average Bonchev–Trinajstić information content (AvgIpc) is 3.27. The molecule has 31 heavy (non-hydrogen) atoms. The number of benzene rings is 2. The summed E-state index contributed by atoms with van der Waals surface area (Å²) in [6, 6.07) is 13.7. The molecule has 1 aliphatic heterocycles. The van der Waals surface area contributed by atoms with Gasteiger partial charge in [-0.15, -0.1) is 0 Å². The molecular formula is C21H21ClN6O3. The Balaban J connectivity index is 1.27. The first-order valence-electron chi connectivity index (χ1n) is 9.81. The summed E-state index contributed by atoms with van der Waals surface area (Å²) in [5.74, 6) is 0. The highest BCUT2D eigenvalue weighted by atomic mass is 35.5. The number of rotatable bonds is 5. The number of halogens is 1. The quantitative estimate of drug-likeness (QED) is 0.484. The first kappa shape index (κ1) is 20.7. The molecule has 0 radical (unpaired) electrons. The second-order valence-corrected chi connectivity index (χ2v) is 7.61. The van der Waals surface area contributed by atoms with Crippen LogP contribution in [0.1, 0.15) is 5.56 Å². The molecule has 0 atom stereocenters. The summed E-state index contributed by atoms with van der Waals surface area (Å²) in [6.45, 7) is 2.87. The van der Waals surface area contributed by atoms with E-state index in [2.05, 4.69) is 15.3 Å². The Kier molecular flexibility index (Phi) is 6.03. The average molecular weight is 441 g/mol. The van der Waals surface area contributed by atoms with Crippen LogP contribution in [0.3, 0.4) is 0 Å². The maximum absolute atomic E-state index is 12.5. The lowest BCUT2D eigenvalue weighted by molar-refractivity contribution is -0.384. The van der Waals surface area contributed by atoms with E-state index in [1.165, 1.54) is 12.1 Å². The molecule has 160 valence electrons. The van der Waals surface area contributed by atoms with Gasteiger partial charge >= 0.3 is 6.03 Å². The van der Waals surface area contributed by atoms with Gasteiger partial charge in [0.15, 0.2) is 0 Å². The first-order chi connectivity index (χ1) is 15.0. The van der Waals surface area contributed by atoms with Crippen molar-refractivity contribution in [3.8, 4) is 5.69 Å². The summed E-state index contributed by atoms with van der Waals surface area (Å²) in [6.07, 6.45) is 3.59. The topological polar surface area (TPSA) is 96.5 Å². The third-order valence-corrected chi connectivity index (χ3v) is 5.42. The van der Waals surface area contributed by atoms with Gasteiger partial charge in [0.25, 0.3) is 5.69 Å². The van der Waals surface area contributed by atoms with E-state index >= 15 is 0 Å². The van der Waals surface area contributed by atoms with Crippen molar-refractivity contribution in [1.82, 2.24) is 20.0 Å². The molecule has 0 bridgehead atoms. The molecule has 0 unspecified atom stereocenters. The predicted octanol–water partition coefficient (Wildman–Crippen LogP) is 3.47. The second kappa shape index (κ2) is 9.05. The maximum Gasteiger partial charge on any atom is 0.317 e. The van der Waals surface area contributed by atoms with Crippen LogP contribution in [0.4, 0.5) is 16.2 Å². The van der Waals surface area contributed by atoms with Crippen LogP contribution in [0.15, 0.2) is 60.9 Å². The van der Waals surface area contributed by atoms with Gasteiger partial charge in [-0.05, 0) is 36.4 Å². The lowest BCUT2D eigenvalue weighted by atomic mass is 10.2. The third-order valence-electron chi connectivity index (χ3n) is 5.16. The van der Waals surface area contributed by atoms with Crippen LogP contribution >= 0.6 is 11.6 Å². The van der Waals surface area contributed by atoms with Crippen molar-refractivity contribution >= 4 is 29.0 Å². The summed E-state index contributed by atoms with van der Waals surface area (Å²) in [7, 11) is 0. The maximum atomic E-state index is 12.5. The molecule has 1 N–H and O–H groups in total. The fourth-order valence-corrected chi connectivity index (χ4v) is 3.55. The smallest absolute Gasteiger partial charge is 0.317 e. The number of nitro groups is 1. The van der Waals surface area contributed by atoms with E-state index in [1.54, 1.807) is 40.0 Å². The van der Waals surface area contributed by atoms with E-state index in [9.17, 15) is 14.9 Å². The summed E-state index contributed by atoms with van der Waals surface area (Å²) >= 11 is 5.91. The molecule has 9 nitrogen and oxygen atoms in total. The zero-order valence-corrected chi connectivity index (χ0v) is 17.4. The number of nitrogens with zero attached hydrogens (tertiary/aromatic N) is 5. The summed E-state index contributed by atoms with van der Waals surface area (Å²) in [4.78, 5) is 26.8. The SMILES string of the molecule is O=C(NCc1cnn(-c2ccc(Cl)cc2)c1)N1CCN(c2ccc([N+](=O)[O-])cc2)CC1. The van der Waals surface area contributed by atoms with Crippen LogP contribution in [-0.2, 0) is 6.54 Å². The van der Waals surface area contributed by atoms with Crippen molar-refractivity contribution in [3.05, 3.63) is 81.6 Å². The van der Waals surface area contributed by atoms with Gasteiger partial charge in [0, 0.05) is 67.3 Å². The summed E-state index contributed by atoms with van der Waals surface area (Å²) in [5.41, 5.74) is 2.78. The van der Waals surface area contributed by atoms with Crippen LogP contribution in [0, 0.1) is 10.1 Å². The Labute approximate surface area is 184 Å². The third kappa shape index (κ3) is 4.95. The number of hydrogen-bond acceptors (Lipinski definition) is 5. The Morgan fingerprint density at radius 3 is 2.32 bits per heavy atom. The Hall–Kier alpha value is -3.59. The molecule has 1 aliphatic rings. The second-order valence-electron chi connectivity index (χ2n) is 7.18. The number of non-ortho nitro benzene ring substituents is 1. The molecule has 1 fully saturated rings. The van der Waals surface area contributed by atoms with Gasteiger partial charge in [-0.2, -0.15) is 5.10 Å². The van der Waals surface area contributed by atoms with E-state index < -0.39 is 4.92 Å². The largest absolute Gasteiger partial charge is 0.368 e. The Morgan fingerprint density at radius 1 is 1.03 bits per heavy atom. The Morgan fingerprint density at radius 2 is 1.68 bits per heavy atom. The highest BCUT2D eigenvalue weighted by Gasteiger charge is 2.21. The van der Waals surface area contributed by atoms with Gasteiger partial charge in [-0.1, -0.05) is 11.6 Å². The van der Waals surface area contributed by atoms with Crippen molar-refractivity contribution in [2.75, 3.05) is 31.1 Å². The number of carbonyl (C=O) groups excluding carboxylic acids is 1. The molecule has 2 aromatic carbocycles. The molecule has 2 heterocycles. The molecule has 0 spiro atoms. The number of anilines is 1. The number of carbonyl (C=O) groups is 1. The fraction of sp³-hybridized carbons (Fsp3) is 0.238. The van der Waals surface area contributed by atoms with Crippen molar-refractivity contribution in [1.29, 1.82) is 0 Å². The van der Waals surface area contributed by atoms with Gasteiger partial charge in [-0.25, -0.2) is 9.48 Å². The molecule has 10 heteroatoms. The van der Waals surface area contributed by atoms with Crippen LogP contribution in [0.25, 0.3) is 5.69 Å². The van der Waals surface area contributed by atoms with Crippen molar-refractivity contribution in [2.24, 2.45) is 0 Å². The van der Waals surface area contributed by atoms with Crippen molar-refractivity contribution in [2.45, 2.75) is 6.54 Å².